The highest BCUT2D eigenvalue weighted by molar-refractivity contribution is 6.18. The van der Waals surface area contributed by atoms with Crippen molar-refractivity contribution in [2.24, 2.45) is 5.41 Å². The Balaban J connectivity index is 2.09. The van der Waals surface area contributed by atoms with Crippen LogP contribution < -0.4 is 5.32 Å². The molecule has 1 aromatic heterocycles. The van der Waals surface area contributed by atoms with Gasteiger partial charge in [-0.3, -0.25) is 4.79 Å². The molecule has 0 radical (unpaired) electrons. The molecule has 0 spiro atoms. The topological polar surface area (TPSA) is 42.2 Å². The zero-order valence-corrected chi connectivity index (χ0v) is 11.3. The van der Waals surface area contributed by atoms with Gasteiger partial charge in [0.1, 0.15) is 5.58 Å². The van der Waals surface area contributed by atoms with Gasteiger partial charge in [-0.25, -0.2) is 0 Å². The van der Waals surface area contributed by atoms with E-state index in [0.29, 0.717) is 18.2 Å². The smallest absolute Gasteiger partial charge is 0.287 e. The normalized spacial score (nSPS) is 11.7. The van der Waals surface area contributed by atoms with E-state index in [2.05, 4.69) is 5.32 Å². The van der Waals surface area contributed by atoms with E-state index < -0.39 is 0 Å². The third-order valence-electron chi connectivity index (χ3n) is 2.74. The summed E-state index contributed by atoms with van der Waals surface area (Å²) in [5, 5.41) is 3.76. The third kappa shape index (κ3) is 2.85. The van der Waals surface area contributed by atoms with Crippen LogP contribution >= 0.6 is 11.6 Å². The van der Waals surface area contributed by atoms with E-state index in [1.807, 2.05) is 38.1 Å². The number of para-hydroxylation sites is 1. The molecule has 96 valence electrons. The van der Waals surface area contributed by atoms with Crippen LogP contribution in [0.3, 0.4) is 0 Å². The highest BCUT2D eigenvalue weighted by Crippen LogP contribution is 2.19. The lowest BCUT2D eigenvalue weighted by Gasteiger charge is -2.21. The lowest BCUT2D eigenvalue weighted by molar-refractivity contribution is 0.0914. The summed E-state index contributed by atoms with van der Waals surface area (Å²) in [5.41, 5.74) is 0.600. The van der Waals surface area contributed by atoms with Crippen LogP contribution in [-0.2, 0) is 0 Å². The minimum atomic E-state index is -0.204. The quantitative estimate of drug-likeness (QED) is 0.861. The molecule has 18 heavy (non-hydrogen) atoms. The lowest BCUT2D eigenvalue weighted by Crippen LogP contribution is -2.34. The molecule has 0 aliphatic rings. The summed E-state index contributed by atoms with van der Waals surface area (Å²) in [6.45, 7) is 4.52. The number of carbonyl (C=O) groups excluding carboxylic acids is 1. The second-order valence-electron chi connectivity index (χ2n) is 5.13. The zero-order valence-electron chi connectivity index (χ0n) is 10.5. The maximum atomic E-state index is 11.9. The highest BCUT2D eigenvalue weighted by atomic mass is 35.5. The number of fused-ring (bicyclic) bond motifs is 1. The number of amides is 1. The van der Waals surface area contributed by atoms with Crippen molar-refractivity contribution in [3.8, 4) is 0 Å². The molecular formula is C14H16ClNO2. The maximum absolute atomic E-state index is 11.9. The summed E-state index contributed by atoms with van der Waals surface area (Å²) in [4.78, 5) is 11.9. The minimum Gasteiger partial charge on any atom is -0.451 e. The van der Waals surface area contributed by atoms with Gasteiger partial charge in [-0.15, -0.1) is 11.6 Å². The van der Waals surface area contributed by atoms with Crippen LogP contribution in [0.4, 0.5) is 0 Å². The third-order valence-corrected chi connectivity index (χ3v) is 3.46. The predicted octanol–water partition coefficient (Wildman–Crippen LogP) is 3.43. The summed E-state index contributed by atoms with van der Waals surface area (Å²) in [5.74, 6) is 0.624. The zero-order chi connectivity index (χ0) is 13.2. The first-order chi connectivity index (χ1) is 8.52. The first-order valence-electron chi connectivity index (χ1n) is 5.84. The number of nitrogens with one attached hydrogen (secondary N) is 1. The summed E-state index contributed by atoms with van der Waals surface area (Å²) >= 11 is 5.81. The fourth-order valence-electron chi connectivity index (χ4n) is 1.55. The molecule has 0 fully saturated rings. The van der Waals surface area contributed by atoms with Crippen molar-refractivity contribution in [2.75, 3.05) is 12.4 Å². The number of hydrogen-bond acceptors (Lipinski definition) is 2. The molecular weight excluding hydrogens is 250 g/mol. The van der Waals surface area contributed by atoms with E-state index in [-0.39, 0.29) is 11.3 Å². The molecule has 0 unspecified atom stereocenters. The van der Waals surface area contributed by atoms with Gasteiger partial charge in [-0.05, 0) is 17.5 Å². The summed E-state index contributed by atoms with van der Waals surface area (Å²) < 4.78 is 5.48. The molecule has 1 heterocycles. The van der Waals surface area contributed by atoms with Crippen molar-refractivity contribution in [3.05, 3.63) is 36.1 Å². The van der Waals surface area contributed by atoms with E-state index in [0.717, 1.165) is 11.0 Å². The van der Waals surface area contributed by atoms with Gasteiger partial charge in [0.05, 0.1) is 0 Å². The van der Waals surface area contributed by atoms with Crippen LogP contribution in [0.5, 0.6) is 0 Å². The Hall–Kier alpha value is -1.48. The lowest BCUT2D eigenvalue weighted by atomic mass is 9.96. The van der Waals surface area contributed by atoms with Crippen molar-refractivity contribution in [1.82, 2.24) is 5.32 Å². The van der Waals surface area contributed by atoms with Crippen LogP contribution in [0.25, 0.3) is 11.0 Å². The van der Waals surface area contributed by atoms with E-state index >= 15 is 0 Å². The van der Waals surface area contributed by atoms with Crippen molar-refractivity contribution >= 4 is 28.5 Å². The molecule has 0 aliphatic carbocycles. The molecule has 0 aliphatic heterocycles. The van der Waals surface area contributed by atoms with Crippen molar-refractivity contribution in [1.29, 1.82) is 0 Å². The van der Waals surface area contributed by atoms with Crippen LogP contribution in [0.15, 0.2) is 34.7 Å². The monoisotopic (exact) mass is 265 g/mol. The van der Waals surface area contributed by atoms with Crippen molar-refractivity contribution < 1.29 is 9.21 Å². The number of alkyl halides is 1. The Labute approximate surface area is 111 Å². The van der Waals surface area contributed by atoms with Gasteiger partial charge < -0.3 is 9.73 Å². The molecule has 0 atom stereocenters. The van der Waals surface area contributed by atoms with Crippen molar-refractivity contribution in [3.63, 3.8) is 0 Å². The SMILES string of the molecule is CC(C)(CCl)CNC(=O)c1cc2ccccc2o1. The second kappa shape index (κ2) is 5.02. The van der Waals surface area contributed by atoms with Gasteiger partial charge in [-0.2, -0.15) is 0 Å². The summed E-state index contributed by atoms with van der Waals surface area (Å²) in [7, 11) is 0. The number of carbonyl (C=O) groups is 1. The number of rotatable bonds is 4. The van der Waals surface area contributed by atoms with Crippen LogP contribution in [0, 0.1) is 5.41 Å². The molecule has 2 rings (SSSR count). The first-order valence-corrected chi connectivity index (χ1v) is 6.38. The van der Waals surface area contributed by atoms with Gasteiger partial charge >= 0.3 is 0 Å². The molecule has 2 aromatic rings. The standard InChI is InChI=1S/C14H16ClNO2/c1-14(2,8-15)9-16-13(17)12-7-10-5-3-4-6-11(10)18-12/h3-7H,8-9H2,1-2H3,(H,16,17). The predicted molar refractivity (Wildman–Crippen MR) is 73.0 cm³/mol. The highest BCUT2D eigenvalue weighted by Gasteiger charge is 2.19. The second-order valence-corrected chi connectivity index (χ2v) is 5.40. The average molecular weight is 266 g/mol. The fraction of sp³-hybridized carbons (Fsp3) is 0.357. The van der Waals surface area contributed by atoms with E-state index in [4.69, 9.17) is 16.0 Å². The molecule has 1 N–H and O–H groups in total. The Morgan fingerprint density at radius 1 is 1.39 bits per heavy atom. The molecule has 1 aromatic carbocycles. The molecule has 0 bridgehead atoms. The largest absolute Gasteiger partial charge is 0.451 e. The Kier molecular flexibility index (Phi) is 3.62. The molecule has 3 nitrogen and oxygen atoms in total. The Bertz CT molecular complexity index is 527. The van der Waals surface area contributed by atoms with E-state index in [1.165, 1.54) is 0 Å². The molecule has 0 saturated heterocycles. The Morgan fingerprint density at radius 3 is 2.78 bits per heavy atom. The number of furan rings is 1. The van der Waals surface area contributed by atoms with Crippen LogP contribution in [0.2, 0.25) is 0 Å². The van der Waals surface area contributed by atoms with Crippen LogP contribution in [-0.4, -0.2) is 18.3 Å². The number of hydrogen-bond donors (Lipinski definition) is 1. The van der Waals surface area contributed by atoms with Gasteiger partial charge in [0.25, 0.3) is 5.91 Å². The average Bonchev–Trinajstić information content (AvgIpc) is 2.80. The minimum absolute atomic E-state index is 0.122. The van der Waals surface area contributed by atoms with E-state index in [9.17, 15) is 4.79 Å². The molecule has 1 amide bonds. The molecule has 0 saturated carbocycles. The number of benzene rings is 1. The maximum Gasteiger partial charge on any atom is 0.287 e. The Morgan fingerprint density at radius 2 is 2.11 bits per heavy atom. The first kappa shape index (κ1) is 13.0. The van der Waals surface area contributed by atoms with Crippen LogP contribution in [0.1, 0.15) is 24.4 Å². The molecule has 4 heteroatoms. The van der Waals surface area contributed by atoms with Gasteiger partial charge in [0.15, 0.2) is 5.76 Å². The van der Waals surface area contributed by atoms with Gasteiger partial charge in [-0.1, -0.05) is 32.0 Å². The summed E-state index contributed by atoms with van der Waals surface area (Å²) in [6.07, 6.45) is 0. The van der Waals surface area contributed by atoms with Crippen molar-refractivity contribution in [2.45, 2.75) is 13.8 Å². The fourth-order valence-corrected chi connectivity index (χ4v) is 1.64. The summed E-state index contributed by atoms with van der Waals surface area (Å²) in [6, 6.07) is 9.30. The van der Waals surface area contributed by atoms with Gasteiger partial charge in [0.2, 0.25) is 0 Å². The number of halogens is 1. The van der Waals surface area contributed by atoms with Gasteiger partial charge in [0, 0.05) is 17.8 Å². The van der Waals surface area contributed by atoms with E-state index in [1.54, 1.807) is 6.07 Å².